The van der Waals surface area contributed by atoms with E-state index in [-0.39, 0.29) is 0 Å². The van der Waals surface area contributed by atoms with E-state index < -0.39 is 0 Å². The highest BCUT2D eigenvalue weighted by Crippen LogP contribution is 2.26. The molecule has 1 saturated carbocycles. The molecule has 166 valence electrons. The molecule has 0 unspecified atom stereocenters. The predicted molar refractivity (Wildman–Crippen MR) is 126 cm³/mol. The molecule has 0 saturated heterocycles. The monoisotopic (exact) mass is 412 g/mol. The van der Waals surface area contributed by atoms with Gasteiger partial charge in [0.1, 0.15) is 18.2 Å². The van der Waals surface area contributed by atoms with Gasteiger partial charge in [-0.15, -0.1) is 0 Å². The van der Waals surface area contributed by atoms with E-state index in [2.05, 4.69) is 81.9 Å². The van der Waals surface area contributed by atoms with Crippen LogP contribution in [0.25, 0.3) is 0 Å². The predicted octanol–water partition coefficient (Wildman–Crippen LogP) is 5.66. The molecule has 2 aliphatic rings. The van der Waals surface area contributed by atoms with Gasteiger partial charge in [-0.3, -0.25) is 4.90 Å². The van der Waals surface area contributed by atoms with Crippen molar-refractivity contribution in [1.29, 1.82) is 0 Å². The lowest BCUT2D eigenvalue weighted by atomic mass is 10.0. The first-order chi connectivity index (χ1) is 14.3. The second kappa shape index (κ2) is 12.0. The van der Waals surface area contributed by atoms with E-state index in [4.69, 9.17) is 4.74 Å². The molecule has 4 nitrogen and oxygen atoms in total. The zero-order valence-corrected chi connectivity index (χ0v) is 19.8. The summed E-state index contributed by atoms with van der Waals surface area (Å²) in [5.74, 6) is 1.52. The number of aromatic hydroxyl groups is 1. The second-order valence-corrected chi connectivity index (χ2v) is 8.58. The Morgan fingerprint density at radius 2 is 1.67 bits per heavy atom. The normalized spacial score (nSPS) is 14.6. The average Bonchev–Trinajstić information content (AvgIpc) is 3.60. The molecule has 0 atom stereocenters. The first-order valence-corrected chi connectivity index (χ1v) is 11.2. The van der Waals surface area contributed by atoms with Gasteiger partial charge >= 0.3 is 0 Å². The molecule has 0 radical (unpaired) electrons. The minimum Gasteiger partial charge on any atom is -0.507 e. The molecule has 1 N–H and O–H groups in total. The highest BCUT2D eigenvalue weighted by molar-refractivity contribution is 5.43. The van der Waals surface area contributed by atoms with Crippen LogP contribution in [-0.4, -0.2) is 42.3 Å². The largest absolute Gasteiger partial charge is 0.507 e. The first-order valence-electron chi connectivity index (χ1n) is 11.2. The Hall–Kier alpha value is -2.04. The Balaban J connectivity index is 0.000000189. The Kier molecular flexibility index (Phi) is 9.67. The summed E-state index contributed by atoms with van der Waals surface area (Å²) in [5, 5.41) is 10.0. The highest BCUT2D eigenvalue weighted by atomic mass is 16.5. The number of phenols is 1. The van der Waals surface area contributed by atoms with Gasteiger partial charge in [0.2, 0.25) is 0 Å². The molecule has 2 aromatic rings. The molecule has 30 heavy (non-hydrogen) atoms. The zero-order chi connectivity index (χ0) is 22.1. The number of hydrogen-bond donors (Lipinski definition) is 1. The maximum absolute atomic E-state index is 10.0. The molecule has 0 bridgehead atoms. The fourth-order valence-corrected chi connectivity index (χ4v) is 3.22. The number of nitrogens with zero attached hydrogens (tertiary/aromatic N) is 2. The lowest BCUT2D eigenvalue weighted by Gasteiger charge is -2.25. The number of rotatable bonds is 4. The fourth-order valence-electron chi connectivity index (χ4n) is 3.22. The lowest BCUT2D eigenvalue weighted by Crippen LogP contribution is -2.28. The zero-order valence-electron chi connectivity index (χ0n) is 19.8. The third-order valence-corrected chi connectivity index (χ3v) is 5.22. The van der Waals surface area contributed by atoms with Crippen LogP contribution in [0.2, 0.25) is 0 Å². The second-order valence-electron chi connectivity index (χ2n) is 8.58. The molecule has 1 aliphatic carbocycles. The summed E-state index contributed by atoms with van der Waals surface area (Å²) in [4.78, 5) is 4.34. The van der Waals surface area contributed by atoms with E-state index in [0.717, 1.165) is 42.9 Å². The summed E-state index contributed by atoms with van der Waals surface area (Å²) < 4.78 is 5.52. The van der Waals surface area contributed by atoms with Gasteiger partial charge in [-0.2, -0.15) is 0 Å². The minimum atomic E-state index is 0.475. The van der Waals surface area contributed by atoms with Crippen molar-refractivity contribution in [1.82, 2.24) is 9.80 Å². The van der Waals surface area contributed by atoms with Gasteiger partial charge in [0, 0.05) is 24.2 Å². The van der Waals surface area contributed by atoms with Crippen LogP contribution in [0.15, 0.2) is 30.3 Å². The molecule has 4 heteroatoms. The van der Waals surface area contributed by atoms with Crippen LogP contribution in [0.3, 0.4) is 0 Å². The van der Waals surface area contributed by atoms with Crippen molar-refractivity contribution in [2.75, 3.05) is 27.4 Å². The molecular weight excluding hydrogens is 372 g/mol. The van der Waals surface area contributed by atoms with Gasteiger partial charge in [0.15, 0.2) is 0 Å². The first kappa shape index (κ1) is 24.2. The Morgan fingerprint density at radius 3 is 2.27 bits per heavy atom. The Bertz CT molecular complexity index is 799. The molecule has 1 heterocycles. The van der Waals surface area contributed by atoms with Crippen LogP contribution >= 0.6 is 0 Å². The van der Waals surface area contributed by atoms with Crippen molar-refractivity contribution in [2.24, 2.45) is 0 Å². The summed E-state index contributed by atoms with van der Waals surface area (Å²) in [5.41, 5.74) is 5.91. The molecule has 0 aromatic heterocycles. The standard InChI is InChI=1S/C13H21NO.C10H13NO.C3H6/c1-5-11-7-10(3)8-12(13(11)15)9-14(4)6-2;1-8-3-4-10-9(5-8)6-11(2)7-12-10;1-2-3-1/h7-8,15H,5-6,9H2,1-4H3;3-5H,6-7H2,1-2H3;1-3H2. The van der Waals surface area contributed by atoms with Crippen LogP contribution in [0.1, 0.15) is 60.9 Å². The van der Waals surface area contributed by atoms with E-state index in [1.54, 1.807) is 0 Å². The van der Waals surface area contributed by atoms with E-state index in [1.807, 2.05) is 0 Å². The topological polar surface area (TPSA) is 35.9 Å². The number of phenolic OH excluding ortho intramolecular Hbond substituents is 1. The van der Waals surface area contributed by atoms with Gasteiger partial charge in [-0.05, 0) is 52.5 Å². The number of benzene rings is 2. The van der Waals surface area contributed by atoms with Crippen molar-refractivity contribution in [3.8, 4) is 11.5 Å². The SMILES string of the molecule is C1CC1.CCc1cc(C)cc(CN(C)CC)c1O.Cc1ccc2c(c1)CN(C)CO2. The van der Waals surface area contributed by atoms with Gasteiger partial charge in [0.05, 0.1) is 0 Å². The third kappa shape index (κ3) is 8.00. The number of aryl methyl sites for hydroxylation is 3. The smallest absolute Gasteiger partial charge is 0.142 e. The Morgan fingerprint density at radius 1 is 1.00 bits per heavy atom. The quantitative estimate of drug-likeness (QED) is 0.703. The summed E-state index contributed by atoms with van der Waals surface area (Å²) >= 11 is 0. The van der Waals surface area contributed by atoms with Crippen LogP contribution < -0.4 is 4.74 Å². The van der Waals surface area contributed by atoms with Crippen molar-refractivity contribution >= 4 is 0 Å². The molecule has 0 spiro atoms. The summed E-state index contributed by atoms with van der Waals surface area (Å²) in [7, 11) is 4.12. The van der Waals surface area contributed by atoms with Crippen LogP contribution in [0.5, 0.6) is 11.5 Å². The number of hydrogen-bond acceptors (Lipinski definition) is 4. The van der Waals surface area contributed by atoms with Crippen molar-refractivity contribution in [3.05, 3.63) is 58.1 Å². The van der Waals surface area contributed by atoms with E-state index in [9.17, 15) is 5.11 Å². The molecule has 4 rings (SSSR count). The number of ether oxygens (including phenoxy) is 1. The van der Waals surface area contributed by atoms with Crippen LogP contribution in [-0.2, 0) is 19.5 Å². The van der Waals surface area contributed by atoms with Gasteiger partial charge in [-0.1, -0.05) is 68.5 Å². The third-order valence-electron chi connectivity index (χ3n) is 5.22. The van der Waals surface area contributed by atoms with Gasteiger partial charge in [0.25, 0.3) is 0 Å². The summed E-state index contributed by atoms with van der Waals surface area (Å²) in [6.07, 6.45) is 5.39. The minimum absolute atomic E-state index is 0.475. The van der Waals surface area contributed by atoms with Crippen molar-refractivity contribution in [2.45, 2.75) is 66.5 Å². The van der Waals surface area contributed by atoms with E-state index in [1.165, 1.54) is 36.0 Å². The van der Waals surface area contributed by atoms with E-state index in [0.29, 0.717) is 12.5 Å². The average molecular weight is 413 g/mol. The van der Waals surface area contributed by atoms with E-state index >= 15 is 0 Å². The van der Waals surface area contributed by atoms with Crippen molar-refractivity contribution < 1.29 is 9.84 Å². The Labute approximate surface area is 183 Å². The molecule has 2 aromatic carbocycles. The van der Waals surface area contributed by atoms with Crippen LogP contribution in [0.4, 0.5) is 0 Å². The summed E-state index contributed by atoms with van der Waals surface area (Å²) in [6, 6.07) is 10.5. The maximum atomic E-state index is 10.0. The molecule has 1 aliphatic heterocycles. The summed E-state index contributed by atoms with van der Waals surface area (Å²) in [6.45, 7) is 11.9. The molecular formula is C26H40N2O2. The lowest BCUT2D eigenvalue weighted by molar-refractivity contribution is 0.121. The van der Waals surface area contributed by atoms with Crippen LogP contribution in [0, 0.1) is 13.8 Å². The van der Waals surface area contributed by atoms with Crippen molar-refractivity contribution in [3.63, 3.8) is 0 Å². The molecule has 1 fully saturated rings. The maximum Gasteiger partial charge on any atom is 0.142 e. The molecule has 0 amide bonds. The highest BCUT2D eigenvalue weighted by Gasteiger charge is 2.13. The number of fused-ring (bicyclic) bond motifs is 1. The fraction of sp³-hybridized carbons (Fsp3) is 0.538. The van der Waals surface area contributed by atoms with Gasteiger partial charge < -0.3 is 14.7 Å². The van der Waals surface area contributed by atoms with Gasteiger partial charge in [-0.25, -0.2) is 0 Å².